The van der Waals surface area contributed by atoms with Crippen molar-refractivity contribution in [1.29, 1.82) is 0 Å². The molecule has 0 aliphatic carbocycles. The molecule has 0 radical (unpaired) electrons. The molecule has 0 fully saturated rings. The maximum atomic E-state index is 11.6. The van der Waals surface area contributed by atoms with Gasteiger partial charge in [0.05, 0.1) is 12.1 Å². The average Bonchev–Trinajstić information content (AvgIpc) is 2.26. The Labute approximate surface area is 110 Å². The van der Waals surface area contributed by atoms with Gasteiger partial charge in [0.25, 0.3) is 0 Å². The Bertz CT molecular complexity index is 379. The van der Waals surface area contributed by atoms with Crippen LogP contribution >= 0.6 is 15.9 Å². The zero-order chi connectivity index (χ0) is 12.8. The number of aliphatic hydroxyl groups excluding tert-OH is 1. The summed E-state index contributed by atoms with van der Waals surface area (Å²) in [5.74, 6) is -0.0293. The van der Waals surface area contributed by atoms with E-state index in [0.717, 1.165) is 10.0 Å². The van der Waals surface area contributed by atoms with Crippen LogP contribution in [-0.4, -0.2) is 17.1 Å². The molecule has 4 heteroatoms. The van der Waals surface area contributed by atoms with Gasteiger partial charge in [0.15, 0.2) is 0 Å². The van der Waals surface area contributed by atoms with E-state index in [1.807, 2.05) is 31.2 Å². The van der Waals surface area contributed by atoms with Gasteiger partial charge in [0, 0.05) is 10.9 Å². The first-order valence-corrected chi connectivity index (χ1v) is 6.51. The van der Waals surface area contributed by atoms with Crippen LogP contribution in [0.3, 0.4) is 0 Å². The zero-order valence-corrected chi connectivity index (χ0v) is 11.7. The molecule has 1 unspecified atom stereocenters. The number of halogens is 1. The summed E-state index contributed by atoms with van der Waals surface area (Å²) in [4.78, 5) is 11.6. The largest absolute Gasteiger partial charge is 0.393 e. The normalized spacial score (nSPS) is 14.1. The molecule has 0 aliphatic rings. The van der Waals surface area contributed by atoms with E-state index < -0.39 is 6.10 Å². The smallest absolute Gasteiger partial charge is 0.220 e. The predicted octanol–water partition coefficient (Wildman–Crippen LogP) is 2.79. The molecule has 1 aromatic rings. The highest BCUT2D eigenvalue weighted by Crippen LogP contribution is 2.17. The summed E-state index contributed by atoms with van der Waals surface area (Å²) in [6.07, 6.45) is 0.425. The van der Waals surface area contributed by atoms with E-state index in [0.29, 0.717) is 12.8 Å². The van der Waals surface area contributed by atoms with Crippen LogP contribution in [-0.2, 0) is 4.79 Å². The van der Waals surface area contributed by atoms with E-state index >= 15 is 0 Å². The molecule has 2 N–H and O–H groups in total. The van der Waals surface area contributed by atoms with Gasteiger partial charge in [-0.3, -0.25) is 4.79 Å². The van der Waals surface area contributed by atoms with Crippen molar-refractivity contribution < 1.29 is 9.90 Å². The first-order valence-electron chi connectivity index (χ1n) is 5.72. The van der Waals surface area contributed by atoms with Crippen LogP contribution in [0.5, 0.6) is 0 Å². The fraction of sp³-hybridized carbons (Fsp3) is 0.462. The van der Waals surface area contributed by atoms with Crippen LogP contribution in [0.2, 0.25) is 0 Å². The lowest BCUT2D eigenvalue weighted by molar-refractivity contribution is -0.122. The number of aliphatic hydroxyl groups is 1. The minimum atomic E-state index is -0.429. The monoisotopic (exact) mass is 299 g/mol. The maximum Gasteiger partial charge on any atom is 0.220 e. The molecule has 0 saturated carbocycles. The number of amides is 1. The number of hydrogen-bond donors (Lipinski definition) is 2. The van der Waals surface area contributed by atoms with E-state index in [1.54, 1.807) is 6.92 Å². The van der Waals surface area contributed by atoms with E-state index in [4.69, 9.17) is 5.11 Å². The molecule has 1 rings (SSSR count). The Morgan fingerprint density at radius 1 is 1.47 bits per heavy atom. The minimum Gasteiger partial charge on any atom is -0.393 e. The van der Waals surface area contributed by atoms with Crippen LogP contribution in [0.1, 0.15) is 38.3 Å². The number of carbonyl (C=O) groups is 1. The Morgan fingerprint density at radius 2 is 2.18 bits per heavy atom. The molecule has 94 valence electrons. The molecule has 0 bridgehead atoms. The number of rotatable bonds is 5. The summed E-state index contributed by atoms with van der Waals surface area (Å²) < 4.78 is 1.00. The molecule has 2 atom stereocenters. The maximum absolute atomic E-state index is 11.6. The van der Waals surface area contributed by atoms with Gasteiger partial charge in [-0.05, 0) is 38.0 Å². The second-order valence-corrected chi connectivity index (χ2v) is 5.15. The second-order valence-electron chi connectivity index (χ2n) is 4.23. The Morgan fingerprint density at radius 3 is 2.76 bits per heavy atom. The van der Waals surface area contributed by atoms with Gasteiger partial charge in [-0.25, -0.2) is 0 Å². The van der Waals surface area contributed by atoms with Gasteiger partial charge >= 0.3 is 0 Å². The van der Waals surface area contributed by atoms with Crippen molar-refractivity contribution >= 4 is 21.8 Å². The number of hydrogen-bond acceptors (Lipinski definition) is 2. The van der Waals surface area contributed by atoms with Crippen LogP contribution in [0.4, 0.5) is 0 Å². The molecule has 0 heterocycles. The van der Waals surface area contributed by atoms with Crippen molar-refractivity contribution in [3.05, 3.63) is 34.3 Å². The summed E-state index contributed by atoms with van der Waals surface area (Å²) in [5, 5.41) is 12.0. The van der Waals surface area contributed by atoms with Crippen LogP contribution in [0.15, 0.2) is 28.7 Å². The zero-order valence-electron chi connectivity index (χ0n) is 10.1. The quantitative estimate of drug-likeness (QED) is 0.878. The number of carbonyl (C=O) groups excluding carboxylic acids is 1. The van der Waals surface area contributed by atoms with Crippen LogP contribution < -0.4 is 5.32 Å². The highest BCUT2D eigenvalue weighted by atomic mass is 79.9. The molecule has 1 amide bonds. The highest BCUT2D eigenvalue weighted by Gasteiger charge is 2.10. The summed E-state index contributed by atoms with van der Waals surface area (Å²) in [7, 11) is 0. The van der Waals surface area contributed by atoms with E-state index in [-0.39, 0.29) is 11.9 Å². The van der Waals surface area contributed by atoms with Gasteiger partial charge < -0.3 is 10.4 Å². The molecule has 17 heavy (non-hydrogen) atoms. The molecular weight excluding hydrogens is 282 g/mol. The summed E-state index contributed by atoms with van der Waals surface area (Å²) in [6, 6.07) is 7.84. The van der Waals surface area contributed by atoms with Crippen LogP contribution in [0, 0.1) is 0 Å². The first kappa shape index (κ1) is 14.2. The van der Waals surface area contributed by atoms with E-state index in [9.17, 15) is 4.79 Å². The molecular formula is C13H18BrNO2. The molecule has 0 aromatic heterocycles. The third-order valence-electron chi connectivity index (χ3n) is 2.52. The summed E-state index contributed by atoms with van der Waals surface area (Å²) in [6.45, 7) is 3.63. The lowest BCUT2D eigenvalue weighted by Gasteiger charge is -2.15. The van der Waals surface area contributed by atoms with Crippen molar-refractivity contribution in [3.63, 3.8) is 0 Å². The minimum absolute atomic E-state index is 0.0194. The van der Waals surface area contributed by atoms with Gasteiger partial charge in [-0.1, -0.05) is 28.1 Å². The van der Waals surface area contributed by atoms with Gasteiger partial charge in [-0.2, -0.15) is 0 Å². The first-order chi connectivity index (χ1) is 7.99. The van der Waals surface area contributed by atoms with Gasteiger partial charge in [0.1, 0.15) is 0 Å². The van der Waals surface area contributed by atoms with Crippen LogP contribution in [0.25, 0.3) is 0 Å². The topological polar surface area (TPSA) is 49.3 Å². The fourth-order valence-corrected chi connectivity index (χ4v) is 1.93. The molecule has 1 aromatic carbocycles. The van der Waals surface area contributed by atoms with Crippen molar-refractivity contribution in [2.75, 3.05) is 0 Å². The lowest BCUT2D eigenvalue weighted by Crippen LogP contribution is -2.27. The second kappa shape index (κ2) is 6.77. The number of benzene rings is 1. The lowest BCUT2D eigenvalue weighted by atomic mass is 10.1. The third-order valence-corrected chi connectivity index (χ3v) is 3.01. The van der Waals surface area contributed by atoms with Crippen molar-refractivity contribution in [1.82, 2.24) is 5.32 Å². The van der Waals surface area contributed by atoms with E-state index in [1.165, 1.54) is 0 Å². The fourth-order valence-electron chi connectivity index (χ4n) is 1.51. The molecule has 3 nitrogen and oxygen atoms in total. The summed E-state index contributed by atoms with van der Waals surface area (Å²) >= 11 is 3.40. The average molecular weight is 300 g/mol. The van der Waals surface area contributed by atoms with Gasteiger partial charge in [-0.15, -0.1) is 0 Å². The third kappa shape index (κ3) is 5.33. The molecule has 0 aliphatic heterocycles. The highest BCUT2D eigenvalue weighted by molar-refractivity contribution is 9.10. The van der Waals surface area contributed by atoms with Crippen molar-refractivity contribution in [2.24, 2.45) is 0 Å². The van der Waals surface area contributed by atoms with Crippen molar-refractivity contribution in [3.8, 4) is 0 Å². The van der Waals surface area contributed by atoms with Gasteiger partial charge in [0.2, 0.25) is 5.91 Å². The SMILES string of the molecule is CC(O)CCC(=O)N[C@@H](C)c1cccc(Br)c1. The molecule has 0 spiro atoms. The Balaban J connectivity index is 2.48. The summed E-state index contributed by atoms with van der Waals surface area (Å²) in [5.41, 5.74) is 1.06. The Hall–Kier alpha value is -0.870. The molecule has 0 saturated heterocycles. The Kier molecular flexibility index (Phi) is 5.65. The predicted molar refractivity (Wildman–Crippen MR) is 71.6 cm³/mol. The number of nitrogens with one attached hydrogen (secondary N) is 1. The standard InChI is InChI=1S/C13H18BrNO2/c1-9(16)6-7-13(17)15-10(2)11-4-3-5-12(14)8-11/h3-5,8-10,16H,6-7H2,1-2H3,(H,15,17)/t9?,10-/m0/s1. The van der Waals surface area contributed by atoms with E-state index in [2.05, 4.69) is 21.2 Å². The van der Waals surface area contributed by atoms with Crippen molar-refractivity contribution in [2.45, 2.75) is 38.8 Å².